The molecule has 0 saturated carbocycles. The Bertz CT molecular complexity index is 1020. The van der Waals surface area contributed by atoms with Gasteiger partial charge in [0.15, 0.2) is 0 Å². The van der Waals surface area contributed by atoms with E-state index >= 15 is 0 Å². The molecular weight excluding hydrogens is 384 g/mol. The quantitative estimate of drug-likeness (QED) is 0.510. The van der Waals surface area contributed by atoms with Crippen LogP contribution < -0.4 is 10.9 Å². The van der Waals surface area contributed by atoms with Crippen LogP contribution in [-0.4, -0.2) is 16.8 Å². The van der Waals surface area contributed by atoms with Gasteiger partial charge in [-0.15, -0.1) is 11.3 Å². The molecule has 0 spiro atoms. The first-order chi connectivity index (χ1) is 13.5. The van der Waals surface area contributed by atoms with Crippen molar-refractivity contribution in [2.75, 3.05) is 0 Å². The minimum Gasteiger partial charge on any atom is -0.273 e. The molecule has 2 aromatic carbocycles. The number of nitrogens with one attached hydrogen (secondary N) is 2. The van der Waals surface area contributed by atoms with Crippen molar-refractivity contribution in [3.8, 4) is 10.6 Å². The Morgan fingerprint density at radius 3 is 2.57 bits per heavy atom. The number of carbonyl (C=O) groups excluding carboxylic acids is 2. The van der Waals surface area contributed by atoms with Gasteiger partial charge in [0, 0.05) is 17.0 Å². The number of thiazole rings is 1. The van der Waals surface area contributed by atoms with E-state index in [1.54, 1.807) is 23.6 Å². The van der Waals surface area contributed by atoms with Crippen LogP contribution in [0.5, 0.6) is 0 Å². The lowest BCUT2D eigenvalue weighted by Gasteiger charge is -2.04. The van der Waals surface area contributed by atoms with E-state index < -0.39 is 17.6 Å². The van der Waals surface area contributed by atoms with Crippen LogP contribution in [0.4, 0.5) is 8.78 Å². The van der Waals surface area contributed by atoms with Crippen LogP contribution in [0, 0.1) is 11.6 Å². The third-order valence-corrected chi connectivity index (χ3v) is 4.53. The molecule has 0 fully saturated rings. The summed E-state index contributed by atoms with van der Waals surface area (Å²) < 4.78 is 26.0. The molecule has 0 unspecified atom stereocenters. The van der Waals surface area contributed by atoms with E-state index in [-0.39, 0.29) is 12.2 Å². The maximum atomic E-state index is 13.1. The van der Waals surface area contributed by atoms with Crippen LogP contribution in [0.3, 0.4) is 0 Å². The molecule has 5 nitrogen and oxygen atoms in total. The summed E-state index contributed by atoms with van der Waals surface area (Å²) in [6.07, 6.45) is 2.59. The monoisotopic (exact) mass is 399 g/mol. The number of carbonyl (C=O) groups is 2. The van der Waals surface area contributed by atoms with E-state index in [9.17, 15) is 18.4 Å². The lowest BCUT2D eigenvalue weighted by atomic mass is 10.2. The van der Waals surface area contributed by atoms with Gasteiger partial charge in [0.25, 0.3) is 5.91 Å². The van der Waals surface area contributed by atoms with Gasteiger partial charge < -0.3 is 0 Å². The van der Waals surface area contributed by atoms with E-state index in [2.05, 4.69) is 15.8 Å². The number of hydrogen-bond acceptors (Lipinski definition) is 4. The maximum absolute atomic E-state index is 13.1. The molecule has 142 valence electrons. The molecular formula is C20H15F2N3O2S. The van der Waals surface area contributed by atoms with E-state index in [1.165, 1.54) is 53.8 Å². The fourth-order valence-corrected chi connectivity index (χ4v) is 3.10. The smallest absolute Gasteiger partial charge is 0.262 e. The number of amides is 2. The topological polar surface area (TPSA) is 71.1 Å². The molecule has 2 N–H and O–H groups in total. The minimum atomic E-state index is -0.553. The third kappa shape index (κ3) is 5.55. The molecule has 0 radical (unpaired) electrons. The van der Waals surface area contributed by atoms with Gasteiger partial charge in [-0.25, -0.2) is 13.8 Å². The zero-order valence-corrected chi connectivity index (χ0v) is 15.3. The average molecular weight is 399 g/mol. The molecule has 0 aliphatic rings. The molecule has 1 heterocycles. The van der Waals surface area contributed by atoms with Crippen molar-refractivity contribution in [3.63, 3.8) is 0 Å². The van der Waals surface area contributed by atoms with Crippen molar-refractivity contribution in [3.05, 3.63) is 82.9 Å². The van der Waals surface area contributed by atoms with Crippen molar-refractivity contribution < 1.29 is 18.4 Å². The highest BCUT2D eigenvalue weighted by Gasteiger charge is 2.09. The Morgan fingerprint density at radius 2 is 1.82 bits per heavy atom. The average Bonchev–Trinajstić information content (AvgIpc) is 3.14. The summed E-state index contributed by atoms with van der Waals surface area (Å²) in [4.78, 5) is 28.0. The van der Waals surface area contributed by atoms with Gasteiger partial charge >= 0.3 is 0 Å². The van der Waals surface area contributed by atoms with Crippen molar-refractivity contribution in [1.82, 2.24) is 15.8 Å². The molecule has 0 aliphatic carbocycles. The first-order valence-electron chi connectivity index (χ1n) is 8.22. The predicted octanol–water partition coefficient (Wildman–Crippen LogP) is 3.49. The largest absolute Gasteiger partial charge is 0.273 e. The summed E-state index contributed by atoms with van der Waals surface area (Å²) in [6, 6.07) is 11.7. The highest BCUT2D eigenvalue weighted by atomic mass is 32.1. The van der Waals surface area contributed by atoms with E-state index in [0.717, 1.165) is 5.56 Å². The first-order valence-corrected chi connectivity index (χ1v) is 9.10. The summed E-state index contributed by atoms with van der Waals surface area (Å²) in [5.74, 6) is -1.73. The molecule has 0 atom stereocenters. The summed E-state index contributed by atoms with van der Waals surface area (Å²) in [7, 11) is 0. The van der Waals surface area contributed by atoms with Crippen LogP contribution in [0.1, 0.15) is 11.3 Å². The molecule has 8 heteroatoms. The predicted molar refractivity (Wildman–Crippen MR) is 103 cm³/mol. The molecule has 0 aliphatic heterocycles. The Balaban J connectivity index is 1.49. The summed E-state index contributed by atoms with van der Waals surface area (Å²) in [5, 5.41) is 2.40. The second kappa shape index (κ2) is 9.01. The van der Waals surface area contributed by atoms with Gasteiger partial charge in [-0.3, -0.25) is 20.4 Å². The van der Waals surface area contributed by atoms with E-state index in [1.807, 2.05) is 0 Å². The number of hydrogen-bond donors (Lipinski definition) is 2. The fraction of sp³-hybridized carbons (Fsp3) is 0.0500. The molecule has 3 rings (SSSR count). The van der Waals surface area contributed by atoms with E-state index in [0.29, 0.717) is 16.3 Å². The van der Waals surface area contributed by atoms with Crippen molar-refractivity contribution >= 4 is 29.2 Å². The highest BCUT2D eigenvalue weighted by Crippen LogP contribution is 2.24. The van der Waals surface area contributed by atoms with Crippen LogP contribution in [-0.2, 0) is 16.0 Å². The molecule has 1 aromatic heterocycles. The second-order valence-electron chi connectivity index (χ2n) is 5.75. The fourth-order valence-electron chi connectivity index (χ4n) is 2.28. The minimum absolute atomic E-state index is 0.0222. The molecule has 28 heavy (non-hydrogen) atoms. The van der Waals surface area contributed by atoms with E-state index in [4.69, 9.17) is 0 Å². The number of nitrogens with zero attached hydrogens (tertiary/aromatic N) is 1. The number of hydrazine groups is 1. The SMILES string of the molecule is O=C(/C=C/c1cccc(F)c1)NNC(=O)Cc1csc(-c2ccc(F)cc2)n1. The number of benzene rings is 2. The third-order valence-electron chi connectivity index (χ3n) is 3.59. The molecule has 3 aromatic rings. The van der Waals surface area contributed by atoms with Crippen LogP contribution in [0.2, 0.25) is 0 Å². The Kier molecular flexibility index (Phi) is 6.23. The van der Waals surface area contributed by atoms with Crippen molar-refractivity contribution in [2.45, 2.75) is 6.42 Å². The summed E-state index contributed by atoms with van der Waals surface area (Å²) in [6.45, 7) is 0. The second-order valence-corrected chi connectivity index (χ2v) is 6.61. The summed E-state index contributed by atoms with van der Waals surface area (Å²) in [5.41, 5.74) is 6.35. The standard InChI is InChI=1S/C20H15F2N3O2S/c21-15-7-5-14(6-8-15)20-23-17(12-28-20)11-19(27)25-24-18(26)9-4-13-2-1-3-16(22)10-13/h1-10,12H,11H2,(H,24,26)(H,25,27)/b9-4+. The van der Waals surface area contributed by atoms with Crippen molar-refractivity contribution in [1.29, 1.82) is 0 Å². The zero-order valence-electron chi connectivity index (χ0n) is 14.5. The van der Waals surface area contributed by atoms with Gasteiger partial charge in [-0.1, -0.05) is 12.1 Å². The number of rotatable bonds is 5. The Labute approximate surface area is 163 Å². The van der Waals surface area contributed by atoms with Gasteiger partial charge in [-0.05, 0) is 48.0 Å². The van der Waals surface area contributed by atoms with Gasteiger partial charge in [0.2, 0.25) is 5.91 Å². The van der Waals surface area contributed by atoms with Gasteiger partial charge in [-0.2, -0.15) is 0 Å². The van der Waals surface area contributed by atoms with Crippen molar-refractivity contribution in [2.24, 2.45) is 0 Å². The Morgan fingerprint density at radius 1 is 1.04 bits per heavy atom. The molecule has 0 saturated heterocycles. The normalized spacial score (nSPS) is 10.8. The molecule has 2 amide bonds. The lowest BCUT2D eigenvalue weighted by molar-refractivity contribution is -0.126. The lowest BCUT2D eigenvalue weighted by Crippen LogP contribution is -2.41. The highest BCUT2D eigenvalue weighted by molar-refractivity contribution is 7.13. The van der Waals surface area contributed by atoms with Gasteiger partial charge in [0.05, 0.1) is 12.1 Å². The van der Waals surface area contributed by atoms with Crippen LogP contribution in [0.15, 0.2) is 60.0 Å². The van der Waals surface area contributed by atoms with Crippen LogP contribution in [0.25, 0.3) is 16.6 Å². The first kappa shape index (κ1) is 19.4. The Hall–Kier alpha value is -3.39. The number of aromatic nitrogens is 1. The number of halogens is 2. The maximum Gasteiger partial charge on any atom is 0.262 e. The zero-order chi connectivity index (χ0) is 19.9. The molecule has 0 bridgehead atoms. The summed E-state index contributed by atoms with van der Waals surface area (Å²) >= 11 is 1.34. The van der Waals surface area contributed by atoms with Gasteiger partial charge in [0.1, 0.15) is 16.6 Å². The van der Waals surface area contributed by atoms with Crippen LogP contribution >= 0.6 is 11.3 Å².